The van der Waals surface area contributed by atoms with E-state index in [4.69, 9.17) is 5.73 Å². The largest absolute Gasteiger partial charge is 0.323 e. The van der Waals surface area contributed by atoms with Gasteiger partial charge in [-0.25, -0.2) is 0 Å². The van der Waals surface area contributed by atoms with Gasteiger partial charge in [0.1, 0.15) is 0 Å². The molecule has 1 rings (SSSR count). The third-order valence-electron chi connectivity index (χ3n) is 2.77. The second kappa shape index (κ2) is 6.31. The van der Waals surface area contributed by atoms with Crippen LogP contribution in [0.25, 0.3) is 0 Å². The number of hydrogen-bond donors (Lipinski definition) is 1. The molecule has 0 amide bonds. The summed E-state index contributed by atoms with van der Waals surface area (Å²) < 4.78 is 0. The summed E-state index contributed by atoms with van der Waals surface area (Å²) in [6, 6.07) is 8.84. The van der Waals surface area contributed by atoms with E-state index in [0.29, 0.717) is 10.5 Å². The predicted octanol–water partition coefficient (Wildman–Crippen LogP) is 3.78. The Kier molecular flexibility index (Phi) is 5.36. The molecule has 2 heteroatoms. The minimum atomic E-state index is 0.137. The lowest BCUT2D eigenvalue weighted by Crippen LogP contribution is -2.22. The van der Waals surface area contributed by atoms with Crippen LogP contribution < -0.4 is 5.73 Å². The van der Waals surface area contributed by atoms with Crippen molar-refractivity contribution >= 4 is 11.8 Å². The van der Waals surface area contributed by atoms with Crippen LogP contribution in [0.4, 0.5) is 0 Å². The molecule has 0 fully saturated rings. The van der Waals surface area contributed by atoms with Crippen molar-refractivity contribution in [1.82, 2.24) is 0 Å². The first-order chi connectivity index (χ1) is 7.54. The molecule has 0 aliphatic heterocycles. The molecule has 0 saturated heterocycles. The van der Waals surface area contributed by atoms with Crippen molar-refractivity contribution in [3.63, 3.8) is 0 Å². The van der Waals surface area contributed by atoms with Crippen LogP contribution in [0.2, 0.25) is 0 Å². The van der Waals surface area contributed by atoms with E-state index in [9.17, 15) is 0 Å². The van der Waals surface area contributed by atoms with Crippen LogP contribution in [0.1, 0.15) is 44.9 Å². The van der Waals surface area contributed by atoms with Crippen LogP contribution >= 0.6 is 11.8 Å². The highest BCUT2D eigenvalue weighted by molar-refractivity contribution is 8.00. The van der Waals surface area contributed by atoms with E-state index in [0.717, 1.165) is 6.42 Å². The number of benzene rings is 1. The maximum absolute atomic E-state index is 6.26. The molecule has 0 bridgehead atoms. The molecule has 2 unspecified atom stereocenters. The number of hydrogen-bond acceptors (Lipinski definition) is 2. The van der Waals surface area contributed by atoms with E-state index in [1.54, 1.807) is 0 Å². The molecule has 0 spiro atoms. The zero-order chi connectivity index (χ0) is 12.1. The highest BCUT2D eigenvalue weighted by atomic mass is 32.2. The molecule has 0 saturated carbocycles. The number of rotatable bonds is 5. The second-order valence-corrected chi connectivity index (χ2v) is 6.47. The summed E-state index contributed by atoms with van der Waals surface area (Å²) in [7, 11) is 0. The van der Waals surface area contributed by atoms with Crippen LogP contribution in [-0.2, 0) is 6.42 Å². The summed E-state index contributed by atoms with van der Waals surface area (Å²) in [6.45, 7) is 8.82. The molecule has 0 aromatic heterocycles. The van der Waals surface area contributed by atoms with Crippen LogP contribution in [0, 0.1) is 0 Å². The Labute approximate surface area is 104 Å². The third kappa shape index (κ3) is 3.84. The summed E-state index contributed by atoms with van der Waals surface area (Å²) >= 11 is 1.94. The van der Waals surface area contributed by atoms with Crippen molar-refractivity contribution in [2.75, 3.05) is 0 Å². The van der Waals surface area contributed by atoms with Crippen molar-refractivity contribution in [2.45, 2.75) is 50.7 Å². The Balaban J connectivity index is 2.67. The fourth-order valence-electron chi connectivity index (χ4n) is 1.76. The fourth-order valence-corrected chi connectivity index (χ4v) is 2.95. The molecule has 2 atom stereocenters. The topological polar surface area (TPSA) is 26.0 Å². The van der Waals surface area contributed by atoms with Crippen molar-refractivity contribution in [3.8, 4) is 0 Å². The van der Waals surface area contributed by atoms with Gasteiger partial charge >= 0.3 is 0 Å². The minimum Gasteiger partial charge on any atom is -0.323 e. The molecule has 0 heterocycles. The molecule has 1 nitrogen and oxygen atoms in total. The number of nitrogens with two attached hydrogens (primary N) is 1. The lowest BCUT2D eigenvalue weighted by Gasteiger charge is -2.21. The first-order valence-corrected chi connectivity index (χ1v) is 6.98. The van der Waals surface area contributed by atoms with Gasteiger partial charge in [-0.15, -0.1) is 0 Å². The standard InChI is InChI=1S/C14H23NS/c1-5-12-6-8-13(9-7-12)14(15)11(4)16-10(2)3/h6-11,14H,5,15H2,1-4H3. The molecule has 0 aliphatic rings. The van der Waals surface area contributed by atoms with E-state index in [-0.39, 0.29) is 6.04 Å². The van der Waals surface area contributed by atoms with Crippen molar-refractivity contribution < 1.29 is 0 Å². The van der Waals surface area contributed by atoms with E-state index < -0.39 is 0 Å². The van der Waals surface area contributed by atoms with Crippen molar-refractivity contribution in [2.24, 2.45) is 5.73 Å². The van der Waals surface area contributed by atoms with Crippen molar-refractivity contribution in [1.29, 1.82) is 0 Å². The highest BCUT2D eigenvalue weighted by Gasteiger charge is 2.16. The van der Waals surface area contributed by atoms with Gasteiger partial charge < -0.3 is 5.73 Å². The second-order valence-electron chi connectivity index (χ2n) is 4.51. The van der Waals surface area contributed by atoms with Gasteiger partial charge in [-0.2, -0.15) is 11.8 Å². The van der Waals surface area contributed by atoms with Crippen LogP contribution in [0.15, 0.2) is 24.3 Å². The van der Waals surface area contributed by atoms with Gasteiger partial charge in [0.2, 0.25) is 0 Å². The zero-order valence-electron chi connectivity index (χ0n) is 10.7. The van der Waals surface area contributed by atoms with Gasteiger partial charge in [-0.1, -0.05) is 52.0 Å². The molecule has 1 aromatic rings. The quantitative estimate of drug-likeness (QED) is 0.843. The summed E-state index contributed by atoms with van der Waals surface area (Å²) in [6.07, 6.45) is 1.09. The van der Waals surface area contributed by atoms with Crippen LogP contribution in [-0.4, -0.2) is 10.5 Å². The molecule has 0 aliphatic carbocycles. The Morgan fingerprint density at radius 1 is 1.12 bits per heavy atom. The van der Waals surface area contributed by atoms with Gasteiger partial charge in [0.05, 0.1) is 0 Å². The van der Waals surface area contributed by atoms with E-state index in [2.05, 4.69) is 52.0 Å². The van der Waals surface area contributed by atoms with Gasteiger partial charge in [-0.05, 0) is 22.8 Å². The molecule has 0 radical (unpaired) electrons. The van der Waals surface area contributed by atoms with E-state index in [1.807, 2.05) is 11.8 Å². The smallest absolute Gasteiger partial charge is 0.0412 e. The van der Waals surface area contributed by atoms with Gasteiger partial charge in [0.25, 0.3) is 0 Å². The Hall–Kier alpha value is -0.470. The summed E-state index contributed by atoms with van der Waals surface area (Å²) in [5.41, 5.74) is 8.88. The first kappa shape index (κ1) is 13.6. The van der Waals surface area contributed by atoms with E-state index in [1.165, 1.54) is 11.1 Å². The molecular formula is C14H23NS. The van der Waals surface area contributed by atoms with Crippen LogP contribution in [0.5, 0.6) is 0 Å². The average molecular weight is 237 g/mol. The predicted molar refractivity (Wildman–Crippen MR) is 74.9 cm³/mol. The van der Waals surface area contributed by atoms with Gasteiger partial charge in [0.15, 0.2) is 0 Å². The third-order valence-corrected chi connectivity index (χ3v) is 4.03. The summed E-state index contributed by atoms with van der Waals surface area (Å²) in [5, 5.41) is 1.10. The van der Waals surface area contributed by atoms with Gasteiger partial charge in [-0.3, -0.25) is 0 Å². The molecule has 90 valence electrons. The monoisotopic (exact) mass is 237 g/mol. The van der Waals surface area contributed by atoms with Gasteiger partial charge in [0, 0.05) is 11.3 Å². The Morgan fingerprint density at radius 3 is 2.12 bits per heavy atom. The molecular weight excluding hydrogens is 214 g/mol. The maximum Gasteiger partial charge on any atom is 0.0412 e. The summed E-state index contributed by atoms with van der Waals surface area (Å²) in [5.74, 6) is 0. The zero-order valence-corrected chi connectivity index (χ0v) is 11.6. The normalized spacial score (nSPS) is 15.1. The summed E-state index contributed by atoms with van der Waals surface area (Å²) in [4.78, 5) is 0. The number of aryl methyl sites for hydroxylation is 1. The molecule has 1 aromatic carbocycles. The van der Waals surface area contributed by atoms with Crippen LogP contribution in [0.3, 0.4) is 0 Å². The molecule has 2 N–H and O–H groups in total. The Bertz CT molecular complexity index is 305. The van der Waals surface area contributed by atoms with Crippen molar-refractivity contribution in [3.05, 3.63) is 35.4 Å². The Morgan fingerprint density at radius 2 is 1.69 bits per heavy atom. The molecule has 16 heavy (non-hydrogen) atoms. The average Bonchev–Trinajstić information content (AvgIpc) is 2.27. The fraction of sp³-hybridized carbons (Fsp3) is 0.571. The highest BCUT2D eigenvalue weighted by Crippen LogP contribution is 2.27. The minimum absolute atomic E-state index is 0.137. The SMILES string of the molecule is CCc1ccc(C(N)C(C)SC(C)C)cc1. The first-order valence-electron chi connectivity index (χ1n) is 6.04. The lowest BCUT2D eigenvalue weighted by atomic mass is 10.0. The lowest BCUT2D eigenvalue weighted by molar-refractivity contribution is 0.712. The maximum atomic E-state index is 6.26. The van der Waals surface area contributed by atoms with E-state index >= 15 is 0 Å². The number of thioether (sulfide) groups is 1.